The SMILES string of the molecule is Cc1nn(C)c2nc(C3CC3)cc(C(=O)NC(Cc3ccccc3)C(=O)O)c12. The first-order chi connectivity index (χ1) is 13.4. The molecule has 4 rings (SSSR count). The first kappa shape index (κ1) is 18.2. The lowest BCUT2D eigenvalue weighted by atomic mass is 10.0. The van der Waals surface area contributed by atoms with E-state index in [1.54, 1.807) is 17.8 Å². The molecule has 1 fully saturated rings. The number of aromatic nitrogens is 3. The molecule has 1 aromatic carbocycles. The minimum atomic E-state index is -1.06. The molecule has 0 saturated heterocycles. The van der Waals surface area contributed by atoms with Gasteiger partial charge in [-0.3, -0.25) is 9.48 Å². The Morgan fingerprint density at radius 2 is 2.00 bits per heavy atom. The van der Waals surface area contributed by atoms with Gasteiger partial charge >= 0.3 is 5.97 Å². The fourth-order valence-electron chi connectivity index (χ4n) is 3.52. The van der Waals surface area contributed by atoms with Crippen LogP contribution in [0.3, 0.4) is 0 Å². The highest BCUT2D eigenvalue weighted by Gasteiger charge is 2.29. The van der Waals surface area contributed by atoms with Gasteiger partial charge in [-0.15, -0.1) is 0 Å². The number of nitrogens with zero attached hydrogens (tertiary/aromatic N) is 3. The number of aliphatic carboxylic acids is 1. The van der Waals surface area contributed by atoms with Gasteiger partial charge in [-0.05, 0) is 31.4 Å². The molecule has 144 valence electrons. The molecule has 0 spiro atoms. The normalized spacial score (nSPS) is 14.8. The Kier molecular flexibility index (Phi) is 4.58. The lowest BCUT2D eigenvalue weighted by molar-refractivity contribution is -0.139. The highest BCUT2D eigenvalue weighted by atomic mass is 16.4. The van der Waals surface area contributed by atoms with E-state index < -0.39 is 17.9 Å². The van der Waals surface area contributed by atoms with Crippen molar-refractivity contribution in [1.29, 1.82) is 0 Å². The molecular formula is C21H22N4O3. The van der Waals surface area contributed by atoms with Gasteiger partial charge in [-0.25, -0.2) is 9.78 Å². The number of aryl methyl sites for hydroxylation is 2. The summed E-state index contributed by atoms with van der Waals surface area (Å²) in [5.74, 6) is -1.10. The minimum absolute atomic E-state index is 0.220. The number of nitrogens with one attached hydrogen (secondary N) is 1. The molecule has 2 heterocycles. The number of pyridine rings is 1. The van der Waals surface area contributed by atoms with Crippen LogP contribution in [0.4, 0.5) is 0 Å². The Hall–Kier alpha value is -3.22. The summed E-state index contributed by atoms with van der Waals surface area (Å²) >= 11 is 0. The van der Waals surface area contributed by atoms with Crippen LogP contribution < -0.4 is 5.32 Å². The summed E-state index contributed by atoms with van der Waals surface area (Å²) < 4.78 is 1.67. The van der Waals surface area contributed by atoms with E-state index in [1.807, 2.05) is 37.3 Å². The average molecular weight is 378 g/mol. The number of carbonyl (C=O) groups excluding carboxylic acids is 1. The summed E-state index contributed by atoms with van der Waals surface area (Å²) in [5.41, 5.74) is 3.52. The Bertz CT molecular complexity index is 1050. The fourth-order valence-corrected chi connectivity index (χ4v) is 3.52. The van der Waals surface area contributed by atoms with Gasteiger partial charge in [0.05, 0.1) is 16.6 Å². The number of amides is 1. The second-order valence-electron chi connectivity index (χ2n) is 7.33. The number of rotatable bonds is 6. The quantitative estimate of drug-likeness (QED) is 0.687. The first-order valence-corrected chi connectivity index (χ1v) is 9.36. The Labute approximate surface area is 162 Å². The monoisotopic (exact) mass is 378 g/mol. The van der Waals surface area contributed by atoms with Gasteiger partial charge in [0.15, 0.2) is 5.65 Å². The maximum atomic E-state index is 13.1. The summed E-state index contributed by atoms with van der Waals surface area (Å²) in [7, 11) is 1.80. The zero-order chi connectivity index (χ0) is 19.8. The van der Waals surface area contributed by atoms with Crippen LogP contribution in [0.25, 0.3) is 11.0 Å². The molecule has 7 nitrogen and oxygen atoms in total. The number of carbonyl (C=O) groups is 2. The van der Waals surface area contributed by atoms with E-state index in [-0.39, 0.29) is 6.42 Å². The summed E-state index contributed by atoms with van der Waals surface area (Å²) in [4.78, 5) is 29.5. The van der Waals surface area contributed by atoms with Crippen molar-refractivity contribution < 1.29 is 14.7 Å². The van der Waals surface area contributed by atoms with Crippen molar-refractivity contribution in [2.75, 3.05) is 0 Å². The molecule has 2 aromatic heterocycles. The number of carboxylic acid groups (broad SMARTS) is 1. The number of hydrogen-bond donors (Lipinski definition) is 2. The molecule has 0 aliphatic heterocycles. The van der Waals surface area contributed by atoms with Crippen molar-refractivity contribution in [3.63, 3.8) is 0 Å². The maximum absolute atomic E-state index is 13.1. The molecule has 1 atom stereocenters. The highest BCUT2D eigenvalue weighted by molar-refractivity contribution is 6.07. The van der Waals surface area contributed by atoms with Gasteiger partial charge < -0.3 is 10.4 Å². The molecule has 1 unspecified atom stereocenters. The summed E-state index contributed by atoms with van der Waals surface area (Å²) in [6.07, 6.45) is 2.34. The molecule has 3 aromatic rings. The summed E-state index contributed by atoms with van der Waals surface area (Å²) in [6.45, 7) is 1.83. The van der Waals surface area contributed by atoms with Crippen molar-refractivity contribution in [3.8, 4) is 0 Å². The summed E-state index contributed by atoms with van der Waals surface area (Å²) in [5, 5.41) is 17.4. The lowest BCUT2D eigenvalue weighted by Gasteiger charge is -2.16. The van der Waals surface area contributed by atoms with Crippen molar-refractivity contribution in [1.82, 2.24) is 20.1 Å². The smallest absolute Gasteiger partial charge is 0.326 e. The van der Waals surface area contributed by atoms with Crippen LogP contribution in [0.2, 0.25) is 0 Å². The Morgan fingerprint density at radius 1 is 1.29 bits per heavy atom. The maximum Gasteiger partial charge on any atom is 0.326 e. The van der Waals surface area contributed by atoms with Crippen LogP contribution in [0, 0.1) is 6.92 Å². The van der Waals surface area contributed by atoms with Crippen LogP contribution in [0.15, 0.2) is 36.4 Å². The predicted molar refractivity (Wildman–Crippen MR) is 104 cm³/mol. The predicted octanol–water partition coefficient (Wildman–Crippen LogP) is 2.58. The van der Waals surface area contributed by atoms with E-state index in [0.717, 1.165) is 24.1 Å². The van der Waals surface area contributed by atoms with E-state index in [0.29, 0.717) is 28.2 Å². The lowest BCUT2D eigenvalue weighted by Crippen LogP contribution is -2.42. The molecule has 1 aliphatic carbocycles. The van der Waals surface area contributed by atoms with Gasteiger partial charge in [-0.1, -0.05) is 30.3 Å². The van der Waals surface area contributed by atoms with Crippen LogP contribution >= 0.6 is 0 Å². The second kappa shape index (κ2) is 7.07. The molecule has 1 aliphatic rings. The average Bonchev–Trinajstić information content (AvgIpc) is 3.48. The molecule has 0 bridgehead atoms. The van der Waals surface area contributed by atoms with Gasteiger partial charge in [-0.2, -0.15) is 5.10 Å². The van der Waals surface area contributed by atoms with Crippen molar-refractivity contribution in [2.24, 2.45) is 7.05 Å². The minimum Gasteiger partial charge on any atom is -0.480 e. The zero-order valence-corrected chi connectivity index (χ0v) is 15.8. The molecule has 1 saturated carbocycles. The van der Waals surface area contributed by atoms with Crippen LogP contribution in [-0.2, 0) is 18.3 Å². The van der Waals surface area contributed by atoms with Gasteiger partial charge in [0.1, 0.15) is 6.04 Å². The third kappa shape index (κ3) is 3.47. The Balaban J connectivity index is 1.68. The molecule has 1 amide bonds. The van der Waals surface area contributed by atoms with E-state index in [4.69, 9.17) is 0 Å². The van der Waals surface area contributed by atoms with Gasteiger partial charge in [0.2, 0.25) is 0 Å². The molecule has 2 N–H and O–H groups in total. The second-order valence-corrected chi connectivity index (χ2v) is 7.33. The first-order valence-electron chi connectivity index (χ1n) is 9.36. The van der Waals surface area contributed by atoms with E-state index in [1.165, 1.54) is 0 Å². The van der Waals surface area contributed by atoms with E-state index in [9.17, 15) is 14.7 Å². The number of carboxylic acids is 1. The standard InChI is InChI=1S/C21H22N4O3/c1-12-18-15(11-16(14-8-9-14)22-19(18)25(2)24-12)20(26)23-17(21(27)28)10-13-6-4-3-5-7-13/h3-7,11,14,17H,8-10H2,1-2H3,(H,23,26)(H,27,28). The molecule has 28 heavy (non-hydrogen) atoms. The third-order valence-electron chi connectivity index (χ3n) is 5.11. The molecule has 7 heteroatoms. The fraction of sp³-hybridized carbons (Fsp3) is 0.333. The van der Waals surface area contributed by atoms with Crippen LogP contribution in [0.5, 0.6) is 0 Å². The largest absolute Gasteiger partial charge is 0.480 e. The van der Waals surface area contributed by atoms with Crippen molar-refractivity contribution in [2.45, 2.75) is 38.1 Å². The van der Waals surface area contributed by atoms with Crippen molar-refractivity contribution >= 4 is 22.9 Å². The van der Waals surface area contributed by atoms with E-state index >= 15 is 0 Å². The topological polar surface area (TPSA) is 97.1 Å². The van der Waals surface area contributed by atoms with Crippen molar-refractivity contribution in [3.05, 3.63) is 58.9 Å². The Morgan fingerprint density at radius 3 is 2.64 bits per heavy atom. The van der Waals surface area contributed by atoms with Gasteiger partial charge in [0.25, 0.3) is 5.91 Å². The molecule has 0 radical (unpaired) electrons. The number of fused-ring (bicyclic) bond motifs is 1. The molecular weight excluding hydrogens is 356 g/mol. The third-order valence-corrected chi connectivity index (χ3v) is 5.11. The highest BCUT2D eigenvalue weighted by Crippen LogP contribution is 2.40. The number of hydrogen-bond acceptors (Lipinski definition) is 4. The van der Waals surface area contributed by atoms with Crippen LogP contribution in [-0.4, -0.2) is 37.8 Å². The number of benzene rings is 1. The zero-order valence-electron chi connectivity index (χ0n) is 15.8. The summed E-state index contributed by atoms with van der Waals surface area (Å²) in [6, 6.07) is 10.1. The van der Waals surface area contributed by atoms with Crippen LogP contribution in [0.1, 0.15) is 46.1 Å². The van der Waals surface area contributed by atoms with E-state index in [2.05, 4.69) is 15.4 Å². The van der Waals surface area contributed by atoms with Gasteiger partial charge in [0, 0.05) is 25.1 Å².